The maximum atomic E-state index is 12.3. The summed E-state index contributed by atoms with van der Waals surface area (Å²) >= 11 is 7.49. The molecule has 2 N–H and O–H groups in total. The van der Waals surface area contributed by atoms with Gasteiger partial charge in [-0.05, 0) is 30.2 Å². The van der Waals surface area contributed by atoms with Gasteiger partial charge < -0.3 is 15.4 Å². The summed E-state index contributed by atoms with van der Waals surface area (Å²) in [4.78, 5) is 36.3. The third-order valence-corrected chi connectivity index (χ3v) is 5.82. The summed E-state index contributed by atoms with van der Waals surface area (Å²) in [6.45, 7) is 1.25. The topological polar surface area (TPSA) is 84.5 Å². The molecule has 0 aliphatic heterocycles. The number of fused-ring (bicyclic) bond motifs is 1. The molecule has 1 aromatic heterocycles. The van der Waals surface area contributed by atoms with Crippen molar-refractivity contribution in [1.82, 2.24) is 5.32 Å². The van der Waals surface area contributed by atoms with Crippen LogP contribution in [-0.4, -0.2) is 30.9 Å². The van der Waals surface area contributed by atoms with Crippen LogP contribution in [0, 0.1) is 0 Å². The number of carbonyl (C=O) groups is 3. The van der Waals surface area contributed by atoms with Crippen LogP contribution in [0.2, 0.25) is 5.02 Å². The molecule has 0 bridgehead atoms. The number of rotatable bonds is 7. The van der Waals surface area contributed by atoms with Gasteiger partial charge in [-0.1, -0.05) is 48.9 Å². The molecular weight excluding hydrogens is 412 g/mol. The smallest absolute Gasteiger partial charge is 0.325 e. The standard InChI is InChI=1S/C21H19ClN2O4S/c1-2-13-7-9-14(10-8-13)24-17(25)12-28-18(26)11-23-21(27)20-19(22)15-5-3-4-6-16(15)29-20/h3-10H,2,11-12H2,1H3,(H,23,27)(H,24,25). The second-order valence-electron chi connectivity index (χ2n) is 6.18. The maximum Gasteiger partial charge on any atom is 0.325 e. The molecule has 1 heterocycles. The molecule has 0 aliphatic carbocycles. The molecule has 0 atom stereocenters. The first kappa shape index (κ1) is 20.8. The van der Waals surface area contributed by atoms with Gasteiger partial charge in [-0.2, -0.15) is 0 Å². The van der Waals surface area contributed by atoms with Crippen molar-refractivity contribution >= 4 is 56.5 Å². The number of anilines is 1. The van der Waals surface area contributed by atoms with Crippen LogP contribution in [0.25, 0.3) is 10.1 Å². The zero-order valence-corrected chi connectivity index (χ0v) is 17.2. The number of amides is 2. The second-order valence-corrected chi connectivity index (χ2v) is 7.61. The predicted molar refractivity (Wildman–Crippen MR) is 115 cm³/mol. The van der Waals surface area contributed by atoms with Gasteiger partial charge in [-0.25, -0.2) is 0 Å². The molecule has 8 heteroatoms. The highest BCUT2D eigenvalue weighted by molar-refractivity contribution is 7.21. The number of hydrogen-bond acceptors (Lipinski definition) is 5. The van der Waals surface area contributed by atoms with Crippen LogP contribution in [0.1, 0.15) is 22.2 Å². The van der Waals surface area contributed by atoms with E-state index in [1.54, 1.807) is 12.1 Å². The Labute approximate surface area is 176 Å². The van der Waals surface area contributed by atoms with Gasteiger partial charge in [0.05, 0.1) is 5.02 Å². The number of thiophene rings is 1. The van der Waals surface area contributed by atoms with E-state index >= 15 is 0 Å². The molecule has 2 aromatic carbocycles. The van der Waals surface area contributed by atoms with Crippen LogP contribution in [-0.2, 0) is 20.7 Å². The number of aryl methyl sites for hydroxylation is 1. The summed E-state index contributed by atoms with van der Waals surface area (Å²) in [5, 5.41) is 6.25. The number of carbonyl (C=O) groups excluding carboxylic acids is 3. The fourth-order valence-corrected chi connectivity index (χ4v) is 4.04. The molecule has 0 fully saturated rings. The van der Waals surface area contributed by atoms with E-state index in [1.807, 2.05) is 43.3 Å². The van der Waals surface area contributed by atoms with E-state index in [0.717, 1.165) is 22.1 Å². The maximum absolute atomic E-state index is 12.3. The van der Waals surface area contributed by atoms with Gasteiger partial charge in [0, 0.05) is 15.8 Å². The first-order valence-electron chi connectivity index (χ1n) is 8.97. The molecule has 150 valence electrons. The highest BCUT2D eigenvalue weighted by Crippen LogP contribution is 2.34. The minimum atomic E-state index is -0.716. The van der Waals surface area contributed by atoms with Gasteiger partial charge in [0.15, 0.2) is 6.61 Å². The van der Waals surface area contributed by atoms with E-state index in [2.05, 4.69) is 10.6 Å². The Balaban J connectivity index is 1.45. The fourth-order valence-electron chi connectivity index (χ4n) is 2.61. The van der Waals surface area contributed by atoms with Crippen LogP contribution in [0.15, 0.2) is 48.5 Å². The van der Waals surface area contributed by atoms with Crippen molar-refractivity contribution < 1.29 is 19.1 Å². The van der Waals surface area contributed by atoms with E-state index in [4.69, 9.17) is 16.3 Å². The lowest BCUT2D eigenvalue weighted by atomic mass is 10.1. The number of benzene rings is 2. The monoisotopic (exact) mass is 430 g/mol. The highest BCUT2D eigenvalue weighted by atomic mass is 35.5. The first-order valence-corrected chi connectivity index (χ1v) is 10.2. The van der Waals surface area contributed by atoms with Gasteiger partial charge in [0.2, 0.25) is 0 Å². The average molecular weight is 431 g/mol. The molecule has 0 spiro atoms. The average Bonchev–Trinajstić information content (AvgIpc) is 3.08. The molecule has 2 amide bonds. The van der Waals surface area contributed by atoms with Crippen LogP contribution in [0.5, 0.6) is 0 Å². The van der Waals surface area contributed by atoms with E-state index in [-0.39, 0.29) is 6.54 Å². The number of hydrogen-bond donors (Lipinski definition) is 2. The van der Waals surface area contributed by atoms with E-state index in [0.29, 0.717) is 15.6 Å². The highest BCUT2D eigenvalue weighted by Gasteiger charge is 2.18. The van der Waals surface area contributed by atoms with Crippen molar-refractivity contribution in [3.63, 3.8) is 0 Å². The Morgan fingerprint density at radius 3 is 2.48 bits per heavy atom. The molecule has 6 nitrogen and oxygen atoms in total. The van der Waals surface area contributed by atoms with Crippen molar-refractivity contribution in [1.29, 1.82) is 0 Å². The third kappa shape index (κ3) is 5.34. The SMILES string of the molecule is CCc1ccc(NC(=O)COC(=O)CNC(=O)c2sc3ccccc3c2Cl)cc1. The summed E-state index contributed by atoms with van der Waals surface area (Å²) in [7, 11) is 0. The van der Waals surface area contributed by atoms with Gasteiger partial charge in [-0.3, -0.25) is 14.4 Å². The normalized spacial score (nSPS) is 10.6. The fraction of sp³-hybridized carbons (Fsp3) is 0.190. The van der Waals surface area contributed by atoms with Crippen molar-refractivity contribution in [2.45, 2.75) is 13.3 Å². The van der Waals surface area contributed by atoms with E-state index < -0.39 is 24.4 Å². The lowest BCUT2D eigenvalue weighted by molar-refractivity contribution is -0.146. The zero-order valence-electron chi connectivity index (χ0n) is 15.7. The van der Waals surface area contributed by atoms with Crippen LogP contribution in [0.3, 0.4) is 0 Å². The van der Waals surface area contributed by atoms with Gasteiger partial charge in [0.1, 0.15) is 11.4 Å². The minimum absolute atomic E-state index is 0.328. The Hall–Kier alpha value is -2.90. The Bertz CT molecular complexity index is 1050. The summed E-state index contributed by atoms with van der Waals surface area (Å²) < 4.78 is 5.78. The molecule has 0 unspecified atom stereocenters. The molecule has 0 saturated carbocycles. The largest absolute Gasteiger partial charge is 0.454 e. The molecule has 0 saturated heterocycles. The third-order valence-electron chi connectivity index (χ3n) is 4.14. The van der Waals surface area contributed by atoms with Crippen molar-refractivity contribution in [2.75, 3.05) is 18.5 Å². The zero-order chi connectivity index (χ0) is 20.8. The lowest BCUT2D eigenvalue weighted by Crippen LogP contribution is -2.32. The number of esters is 1. The van der Waals surface area contributed by atoms with Crippen LogP contribution in [0.4, 0.5) is 5.69 Å². The predicted octanol–water partition coefficient (Wildman–Crippen LogP) is 4.03. The number of halogens is 1. The molecule has 3 aromatic rings. The summed E-state index contributed by atoms with van der Waals surface area (Å²) in [5.74, 6) is -1.64. The summed E-state index contributed by atoms with van der Waals surface area (Å²) in [6, 6.07) is 14.8. The molecule has 3 rings (SSSR count). The number of ether oxygens (including phenoxy) is 1. The quantitative estimate of drug-likeness (QED) is 0.554. The molecule has 29 heavy (non-hydrogen) atoms. The number of nitrogens with one attached hydrogen (secondary N) is 2. The van der Waals surface area contributed by atoms with Gasteiger partial charge in [-0.15, -0.1) is 11.3 Å². The van der Waals surface area contributed by atoms with Crippen molar-refractivity contribution in [2.24, 2.45) is 0 Å². The first-order chi connectivity index (χ1) is 14.0. The second kappa shape index (κ2) is 9.54. The van der Waals surface area contributed by atoms with Crippen molar-refractivity contribution in [3.05, 3.63) is 64.0 Å². The Morgan fingerprint density at radius 2 is 1.79 bits per heavy atom. The van der Waals surface area contributed by atoms with Crippen LogP contribution < -0.4 is 10.6 Å². The van der Waals surface area contributed by atoms with E-state index in [9.17, 15) is 14.4 Å². The molecule has 0 aliphatic rings. The van der Waals surface area contributed by atoms with Crippen LogP contribution >= 0.6 is 22.9 Å². The molecular formula is C21H19ClN2O4S. The van der Waals surface area contributed by atoms with Gasteiger partial charge in [0.25, 0.3) is 11.8 Å². The summed E-state index contributed by atoms with van der Waals surface area (Å²) in [6.07, 6.45) is 0.907. The van der Waals surface area contributed by atoms with Crippen molar-refractivity contribution in [3.8, 4) is 0 Å². The minimum Gasteiger partial charge on any atom is -0.454 e. The van der Waals surface area contributed by atoms with E-state index in [1.165, 1.54) is 11.3 Å². The molecule has 0 radical (unpaired) electrons. The Kier molecular flexibility index (Phi) is 6.85. The Morgan fingerprint density at radius 1 is 1.07 bits per heavy atom. The lowest BCUT2D eigenvalue weighted by Gasteiger charge is -2.08. The van der Waals surface area contributed by atoms with Gasteiger partial charge >= 0.3 is 5.97 Å². The summed E-state index contributed by atoms with van der Waals surface area (Å²) in [5.41, 5.74) is 1.78.